The maximum atomic E-state index is 13.1. The summed E-state index contributed by atoms with van der Waals surface area (Å²) >= 11 is 1.53. The van der Waals surface area contributed by atoms with Gasteiger partial charge in [-0.3, -0.25) is 0 Å². The first-order valence-corrected chi connectivity index (χ1v) is 8.51. The molecule has 126 valence electrons. The normalized spacial score (nSPS) is 15.5. The minimum Gasteiger partial charge on any atom is -0.309 e. The molecule has 1 aliphatic rings. The number of alkyl halides is 3. The Morgan fingerprint density at radius 3 is 2.42 bits per heavy atom. The van der Waals surface area contributed by atoms with Gasteiger partial charge in [-0.15, -0.1) is 0 Å². The van der Waals surface area contributed by atoms with Crippen LogP contribution in [0.1, 0.15) is 23.1 Å². The highest BCUT2D eigenvalue weighted by Gasteiger charge is 2.32. The zero-order valence-corrected chi connectivity index (χ0v) is 14.3. The van der Waals surface area contributed by atoms with Crippen molar-refractivity contribution >= 4 is 17.3 Å². The summed E-state index contributed by atoms with van der Waals surface area (Å²) in [6.45, 7) is 0.854. The molecule has 3 rings (SSSR count). The van der Waals surface area contributed by atoms with Crippen LogP contribution in [-0.2, 0) is 6.18 Å². The molecule has 1 heterocycles. The smallest absolute Gasteiger partial charge is 0.309 e. The maximum Gasteiger partial charge on any atom is 0.416 e. The molecule has 0 N–H and O–H groups in total. The average molecular weight is 349 g/mol. The van der Waals surface area contributed by atoms with Crippen molar-refractivity contribution in [2.75, 3.05) is 20.6 Å². The van der Waals surface area contributed by atoms with Crippen molar-refractivity contribution < 1.29 is 13.2 Å². The predicted octanol–water partition coefficient (Wildman–Crippen LogP) is 5.55. The molecule has 2 aromatic rings. The molecule has 2 aromatic carbocycles. The molecule has 0 saturated carbocycles. The number of hydrogen-bond acceptors (Lipinski definition) is 2. The fourth-order valence-electron chi connectivity index (χ4n) is 2.73. The van der Waals surface area contributed by atoms with Crippen LogP contribution in [0, 0.1) is 0 Å². The van der Waals surface area contributed by atoms with Crippen LogP contribution in [0.3, 0.4) is 0 Å². The molecule has 5 heteroatoms. The van der Waals surface area contributed by atoms with Gasteiger partial charge in [0.05, 0.1) is 5.56 Å². The first-order chi connectivity index (χ1) is 11.4. The lowest BCUT2D eigenvalue weighted by Crippen LogP contribution is -2.12. The fourth-order valence-corrected chi connectivity index (χ4v) is 3.82. The standard InChI is InChI=1S/C19H18F3NS/c1-23(2)11-5-7-14-15-6-3-4-8-17(15)24-18-10-9-13(12-16(14)18)19(20,21)22/h3-4,6-10,12H,5,11H2,1-2H3/b14-7+. The number of rotatable bonds is 3. The molecule has 0 radical (unpaired) electrons. The molecule has 0 unspecified atom stereocenters. The summed E-state index contributed by atoms with van der Waals surface area (Å²) in [5.41, 5.74) is 1.98. The van der Waals surface area contributed by atoms with Gasteiger partial charge in [0.25, 0.3) is 0 Å². The van der Waals surface area contributed by atoms with E-state index in [9.17, 15) is 13.2 Å². The van der Waals surface area contributed by atoms with E-state index in [0.29, 0.717) is 5.56 Å². The van der Waals surface area contributed by atoms with E-state index in [2.05, 4.69) is 11.0 Å². The largest absolute Gasteiger partial charge is 0.416 e. The lowest BCUT2D eigenvalue weighted by molar-refractivity contribution is -0.137. The topological polar surface area (TPSA) is 3.24 Å². The fraction of sp³-hybridized carbons (Fsp3) is 0.263. The summed E-state index contributed by atoms with van der Waals surface area (Å²) in [4.78, 5) is 4.02. The summed E-state index contributed by atoms with van der Waals surface area (Å²) in [6, 6.07) is 11.9. The van der Waals surface area contributed by atoms with E-state index >= 15 is 0 Å². The van der Waals surface area contributed by atoms with Gasteiger partial charge in [-0.2, -0.15) is 13.2 Å². The van der Waals surface area contributed by atoms with Crippen LogP contribution >= 0.6 is 11.8 Å². The molecule has 0 amide bonds. The van der Waals surface area contributed by atoms with Gasteiger partial charge < -0.3 is 4.90 Å². The average Bonchev–Trinajstić information content (AvgIpc) is 2.52. The van der Waals surface area contributed by atoms with Gasteiger partial charge in [-0.25, -0.2) is 0 Å². The highest BCUT2D eigenvalue weighted by Crippen LogP contribution is 2.46. The minimum absolute atomic E-state index is 0.597. The van der Waals surface area contributed by atoms with Gasteiger partial charge in [0.1, 0.15) is 0 Å². The minimum atomic E-state index is -4.33. The third kappa shape index (κ3) is 3.52. The molecule has 1 aliphatic heterocycles. The number of fused-ring (bicyclic) bond motifs is 2. The highest BCUT2D eigenvalue weighted by atomic mass is 32.2. The van der Waals surface area contributed by atoms with E-state index in [1.807, 2.05) is 38.4 Å². The second-order valence-electron chi connectivity index (χ2n) is 6.02. The van der Waals surface area contributed by atoms with Crippen molar-refractivity contribution in [3.05, 3.63) is 65.2 Å². The van der Waals surface area contributed by atoms with Crippen molar-refractivity contribution in [1.82, 2.24) is 4.90 Å². The van der Waals surface area contributed by atoms with Crippen LogP contribution in [0.2, 0.25) is 0 Å². The first-order valence-electron chi connectivity index (χ1n) is 7.70. The third-order valence-corrected chi connectivity index (χ3v) is 5.07. The van der Waals surface area contributed by atoms with Crippen LogP contribution in [0.5, 0.6) is 0 Å². The second-order valence-corrected chi connectivity index (χ2v) is 7.10. The van der Waals surface area contributed by atoms with Crippen LogP contribution in [0.15, 0.2) is 58.3 Å². The Kier molecular flexibility index (Phi) is 4.74. The summed E-state index contributed by atoms with van der Waals surface area (Å²) in [6.07, 6.45) is -1.49. The Balaban J connectivity index is 2.09. The third-order valence-electron chi connectivity index (χ3n) is 3.92. The Labute approximate surface area is 144 Å². The van der Waals surface area contributed by atoms with Crippen molar-refractivity contribution in [2.24, 2.45) is 0 Å². The molecular formula is C19H18F3NS. The Morgan fingerprint density at radius 1 is 1.00 bits per heavy atom. The van der Waals surface area contributed by atoms with Crippen LogP contribution in [0.4, 0.5) is 13.2 Å². The lowest BCUT2D eigenvalue weighted by atomic mass is 9.94. The Morgan fingerprint density at radius 2 is 1.71 bits per heavy atom. The van der Waals surface area contributed by atoms with Gasteiger partial charge >= 0.3 is 6.18 Å². The number of halogens is 3. The predicted molar refractivity (Wildman–Crippen MR) is 92.3 cm³/mol. The van der Waals surface area contributed by atoms with Crippen molar-refractivity contribution in [3.8, 4) is 0 Å². The molecule has 24 heavy (non-hydrogen) atoms. The number of benzene rings is 2. The SMILES string of the molecule is CN(C)CC/C=C1\c2ccccc2Sc2ccc(C(F)(F)F)cc21. The van der Waals surface area contributed by atoms with E-state index in [0.717, 1.165) is 40.0 Å². The van der Waals surface area contributed by atoms with E-state index in [-0.39, 0.29) is 0 Å². The molecular weight excluding hydrogens is 331 g/mol. The van der Waals surface area contributed by atoms with Crippen LogP contribution in [-0.4, -0.2) is 25.5 Å². The Hall–Kier alpha value is -1.72. The van der Waals surface area contributed by atoms with Crippen molar-refractivity contribution in [2.45, 2.75) is 22.4 Å². The summed E-state index contributed by atoms with van der Waals surface area (Å²) in [5.74, 6) is 0. The van der Waals surface area contributed by atoms with Crippen molar-refractivity contribution in [3.63, 3.8) is 0 Å². The van der Waals surface area contributed by atoms with E-state index < -0.39 is 11.7 Å². The molecule has 0 spiro atoms. The zero-order chi connectivity index (χ0) is 17.3. The molecule has 0 aromatic heterocycles. The number of nitrogens with zero attached hydrogens (tertiary/aromatic N) is 1. The Bertz CT molecular complexity index is 778. The first kappa shape index (κ1) is 17.1. The summed E-state index contributed by atoms with van der Waals surface area (Å²) in [5, 5.41) is 0. The molecule has 1 nitrogen and oxygen atoms in total. The zero-order valence-electron chi connectivity index (χ0n) is 13.5. The molecule has 0 saturated heterocycles. The van der Waals surface area contributed by atoms with Gasteiger partial charge in [0.15, 0.2) is 0 Å². The maximum absolute atomic E-state index is 13.1. The number of hydrogen-bond donors (Lipinski definition) is 0. The quantitative estimate of drug-likeness (QED) is 0.609. The van der Waals surface area contributed by atoms with Gasteiger partial charge in [0, 0.05) is 16.3 Å². The lowest BCUT2D eigenvalue weighted by Gasteiger charge is -2.23. The highest BCUT2D eigenvalue weighted by molar-refractivity contribution is 7.99. The molecule has 0 bridgehead atoms. The monoisotopic (exact) mass is 349 g/mol. The van der Waals surface area contributed by atoms with Crippen LogP contribution in [0.25, 0.3) is 5.57 Å². The summed E-state index contributed by atoms with van der Waals surface area (Å²) < 4.78 is 39.3. The van der Waals surface area contributed by atoms with Gasteiger partial charge in [-0.05, 0) is 61.5 Å². The molecule has 0 fully saturated rings. The van der Waals surface area contributed by atoms with E-state index in [4.69, 9.17) is 0 Å². The molecule has 0 atom stereocenters. The molecule has 0 aliphatic carbocycles. The summed E-state index contributed by atoms with van der Waals surface area (Å²) in [7, 11) is 3.97. The van der Waals surface area contributed by atoms with E-state index in [1.165, 1.54) is 17.8 Å². The second kappa shape index (κ2) is 6.65. The van der Waals surface area contributed by atoms with E-state index in [1.54, 1.807) is 6.07 Å². The van der Waals surface area contributed by atoms with Crippen LogP contribution < -0.4 is 0 Å². The van der Waals surface area contributed by atoms with Gasteiger partial charge in [0.2, 0.25) is 0 Å². The van der Waals surface area contributed by atoms with Gasteiger partial charge in [-0.1, -0.05) is 36.0 Å². The van der Waals surface area contributed by atoms with Crippen molar-refractivity contribution in [1.29, 1.82) is 0 Å².